The fourth-order valence-corrected chi connectivity index (χ4v) is 0.405. The van der Waals surface area contributed by atoms with Crippen molar-refractivity contribution in [3.63, 3.8) is 0 Å². The van der Waals surface area contributed by atoms with Gasteiger partial charge >= 0.3 is 0 Å². The number of ether oxygens (including phenoxy) is 2. The molecule has 2 aliphatic rings. The number of epoxide rings is 2. The van der Waals surface area contributed by atoms with Crippen LogP contribution < -0.4 is 0 Å². The Bertz CT molecular complexity index is 140. The standard InChI is InChI=1S/C3H8O3.2C3H6O2.2Rf/c4-1-3(6)2-5;2*4-1-3-2-5-3;;/h3-6H,1-2H2;2*3-4H,1-2H2;;. The summed E-state index contributed by atoms with van der Waals surface area (Å²) >= 11 is 0. The van der Waals surface area contributed by atoms with E-state index in [0.29, 0.717) is 0 Å². The number of rotatable bonds is 4. The summed E-state index contributed by atoms with van der Waals surface area (Å²) in [7, 11) is 0. The van der Waals surface area contributed by atoms with E-state index in [-0.39, 0.29) is 38.6 Å². The van der Waals surface area contributed by atoms with Gasteiger partial charge in [-0.25, -0.2) is 0 Å². The Hall–Kier alpha value is -2.28. The summed E-state index contributed by atoms with van der Waals surface area (Å²) in [6.07, 6.45) is -0.574. The van der Waals surface area contributed by atoms with Crippen LogP contribution in [-0.2, 0) is 9.47 Å². The van der Waals surface area contributed by atoms with E-state index in [1.165, 1.54) is 0 Å². The first-order valence-corrected chi connectivity index (χ1v) is 5.02. The first-order chi connectivity index (χ1) is 7.67. The summed E-state index contributed by atoms with van der Waals surface area (Å²) < 4.78 is 9.22. The van der Waals surface area contributed by atoms with Gasteiger partial charge in [0.25, 0.3) is 0 Å². The summed E-state index contributed by atoms with van der Waals surface area (Å²) in [5.41, 5.74) is 0. The van der Waals surface area contributed by atoms with Crippen LogP contribution in [0.5, 0.6) is 0 Å². The van der Waals surface area contributed by atoms with Gasteiger partial charge < -0.3 is 35.0 Å². The van der Waals surface area contributed by atoms with Gasteiger partial charge in [0.05, 0.1) is 39.6 Å². The van der Waals surface area contributed by atoms with Gasteiger partial charge in [0.1, 0.15) is 18.3 Å². The van der Waals surface area contributed by atoms with E-state index in [9.17, 15) is 0 Å². The maximum atomic E-state index is 8.17. The molecule has 2 rings (SSSR count). The predicted octanol–water partition coefficient (Wildman–Crippen LogP) is -2.91. The molecule has 0 spiro atoms. The molecular formula is C9H20O7Rf2. The molecule has 0 aromatic carbocycles. The topological polar surface area (TPSA) is 126 Å². The van der Waals surface area contributed by atoms with Crippen molar-refractivity contribution in [2.24, 2.45) is 0 Å². The quantitative estimate of drug-likeness (QED) is 0.194. The van der Waals surface area contributed by atoms with E-state index in [1.807, 2.05) is 0 Å². The van der Waals surface area contributed by atoms with Crippen molar-refractivity contribution >= 4 is 0 Å². The molecule has 2 fully saturated rings. The van der Waals surface area contributed by atoms with Crippen molar-refractivity contribution in [2.75, 3.05) is 39.6 Å². The van der Waals surface area contributed by atoms with Crippen molar-refractivity contribution in [2.45, 2.75) is 18.3 Å². The molecule has 18 heavy (non-hydrogen) atoms. The zero-order valence-electron chi connectivity index (χ0n) is 10.4. The van der Waals surface area contributed by atoms with Gasteiger partial charge in [0, 0.05) is 0 Å². The smallest absolute Gasteiger partial charge is 0.104 e. The summed E-state index contributed by atoms with van der Waals surface area (Å²) in [5.74, 6) is 0. The Labute approximate surface area is 93.9 Å². The zero-order valence-corrected chi connectivity index (χ0v) is 23.2. The third-order valence-corrected chi connectivity index (χ3v) is 1.63. The maximum Gasteiger partial charge on any atom is 0.104 e. The van der Waals surface area contributed by atoms with E-state index in [2.05, 4.69) is 9.47 Å². The first kappa shape index (κ1) is 21.1. The normalized spacial score (nSPS) is 22.3. The van der Waals surface area contributed by atoms with Crippen molar-refractivity contribution in [1.29, 1.82) is 0 Å². The van der Waals surface area contributed by atoms with Crippen LogP contribution in [0.1, 0.15) is 0 Å². The minimum Gasteiger partial charge on any atom is -0.394 e. The van der Waals surface area contributed by atoms with Crippen molar-refractivity contribution < 1.29 is 35.0 Å². The van der Waals surface area contributed by atoms with E-state index in [0.717, 1.165) is 13.2 Å². The van der Waals surface area contributed by atoms with Crippen LogP contribution in [0.4, 0.5) is 0 Å². The molecule has 2 heterocycles. The van der Waals surface area contributed by atoms with E-state index in [1.54, 1.807) is 0 Å². The first-order valence-electron chi connectivity index (χ1n) is 5.02. The van der Waals surface area contributed by atoms with E-state index >= 15 is 0 Å². The molecule has 2 unspecified atom stereocenters. The third-order valence-electron chi connectivity index (χ3n) is 1.63. The predicted molar refractivity (Wildman–Crippen MR) is 53.8 cm³/mol. The molecule has 9 heteroatoms. The minimum absolute atomic E-state index is 0. The second kappa shape index (κ2) is 12.8. The SMILES string of the molecule is OCC(O)CO.OCC1CO1.OCC1CO1.[Rf].[Rf]. The van der Waals surface area contributed by atoms with Gasteiger partial charge in [-0.3, -0.25) is 0 Å². The molecule has 0 radical (unpaired) electrons. The number of hydrogen-bond acceptors (Lipinski definition) is 7. The molecule has 2 saturated heterocycles. The van der Waals surface area contributed by atoms with Crippen molar-refractivity contribution in [3.8, 4) is 0 Å². The number of hydrogen-bond donors (Lipinski definition) is 5. The fraction of sp³-hybridized carbons (Fsp3) is 1.00. The zero-order chi connectivity index (χ0) is 12.4. The largest absolute Gasteiger partial charge is 0.394 e. The van der Waals surface area contributed by atoms with Crippen LogP contribution in [0.3, 0.4) is 0 Å². The molecule has 2 atom stereocenters. The Morgan fingerprint density at radius 2 is 1.11 bits per heavy atom. The Morgan fingerprint density at radius 3 is 1.11 bits per heavy atom. The monoisotopic (exact) mass is 774 g/mol. The molecule has 102 valence electrons. The van der Waals surface area contributed by atoms with E-state index < -0.39 is 6.10 Å². The van der Waals surface area contributed by atoms with E-state index in [4.69, 9.17) is 25.5 Å². The van der Waals surface area contributed by atoms with Gasteiger partial charge in [-0.15, -0.1) is 0 Å². The molecule has 0 aliphatic carbocycles. The van der Waals surface area contributed by atoms with Gasteiger partial charge in [0.15, 0.2) is 0 Å². The Kier molecular flexibility index (Phi) is 15.0. The van der Waals surface area contributed by atoms with Gasteiger partial charge in [0.2, 0.25) is 0 Å². The molecule has 7 nitrogen and oxygen atoms in total. The fourth-order valence-electron chi connectivity index (χ4n) is 0.405. The van der Waals surface area contributed by atoms with Crippen LogP contribution >= 0.6 is 0 Å². The summed E-state index contributed by atoms with van der Waals surface area (Å²) in [5, 5.41) is 40.2. The van der Waals surface area contributed by atoms with Crippen molar-refractivity contribution in [3.05, 3.63) is 0 Å². The molecule has 0 aromatic heterocycles. The third kappa shape index (κ3) is 16.2. The summed E-state index contributed by atoms with van der Waals surface area (Å²) in [6, 6.07) is 0. The molecule has 0 bridgehead atoms. The molecule has 0 saturated carbocycles. The average Bonchev–Trinajstić information content (AvgIpc) is 3.23. The number of aliphatic hydroxyl groups excluding tert-OH is 5. The summed E-state index contributed by atoms with van der Waals surface area (Å²) in [4.78, 5) is 0. The van der Waals surface area contributed by atoms with Crippen LogP contribution in [0, 0.1) is 0 Å². The molecule has 2 aliphatic heterocycles. The minimum atomic E-state index is -0.954. The van der Waals surface area contributed by atoms with Gasteiger partial charge in [-0.05, 0) is 0 Å². The Balaban J connectivity index is -0.000000178. The van der Waals surface area contributed by atoms with Crippen LogP contribution in [0.2, 0.25) is 0 Å². The Morgan fingerprint density at radius 1 is 0.833 bits per heavy atom. The van der Waals surface area contributed by atoms with Crippen molar-refractivity contribution in [1.82, 2.24) is 0 Å². The van der Waals surface area contributed by atoms with Crippen LogP contribution in [0.15, 0.2) is 0 Å². The van der Waals surface area contributed by atoms with Gasteiger partial charge in [-0.1, -0.05) is 0 Å². The van der Waals surface area contributed by atoms with Crippen LogP contribution in [-0.4, -0.2) is 83.5 Å². The van der Waals surface area contributed by atoms with Crippen LogP contribution in [0.25, 0.3) is 0 Å². The van der Waals surface area contributed by atoms with Gasteiger partial charge in [-0.2, -0.15) is 0 Å². The molecular weight excluding hydrogens is 754 g/mol. The maximum absolute atomic E-state index is 8.17. The second-order valence-electron chi connectivity index (χ2n) is 3.29. The molecule has 0 aromatic rings. The molecule has 0 amide bonds. The summed E-state index contributed by atoms with van der Waals surface area (Å²) in [6.45, 7) is 1.18. The molecule has 5 N–H and O–H groups in total. The number of aliphatic hydroxyl groups is 5. The second-order valence-corrected chi connectivity index (χ2v) is 3.29. The average molecular weight is 774 g/mol.